The first-order chi connectivity index (χ1) is 13.4. The number of carbonyl (C=O) groups excluding carboxylic acids is 2. The van der Waals surface area contributed by atoms with Gasteiger partial charge in [0, 0.05) is 6.07 Å². The van der Waals surface area contributed by atoms with Crippen molar-refractivity contribution >= 4 is 23.3 Å². The molecule has 1 aromatic heterocycles. The number of hydrogen-bond acceptors (Lipinski definition) is 4. The summed E-state index contributed by atoms with van der Waals surface area (Å²) in [6, 6.07) is 13.0. The van der Waals surface area contributed by atoms with E-state index in [1.165, 1.54) is 0 Å². The summed E-state index contributed by atoms with van der Waals surface area (Å²) in [6.45, 7) is 5.80. The monoisotopic (exact) mass is 376 g/mol. The minimum Gasteiger partial charge on any atom is -0.481 e. The largest absolute Gasteiger partial charge is 0.481 e. The molecule has 2 aromatic carbocycles. The number of ether oxygens (including phenoxy) is 1. The van der Waals surface area contributed by atoms with Crippen LogP contribution in [0.15, 0.2) is 42.5 Å². The Morgan fingerprint density at radius 3 is 2.64 bits per heavy atom. The molecule has 142 valence electrons. The van der Waals surface area contributed by atoms with Crippen LogP contribution in [0.2, 0.25) is 0 Å². The predicted molar refractivity (Wildman–Crippen MR) is 106 cm³/mol. The number of carbonyl (C=O) groups is 2. The van der Waals surface area contributed by atoms with E-state index in [0.29, 0.717) is 22.8 Å². The van der Waals surface area contributed by atoms with Crippen LogP contribution in [-0.4, -0.2) is 28.2 Å². The lowest BCUT2D eigenvalue weighted by molar-refractivity contribution is -0.118. The van der Waals surface area contributed by atoms with Gasteiger partial charge in [0.1, 0.15) is 5.82 Å². The van der Waals surface area contributed by atoms with Crippen molar-refractivity contribution in [2.24, 2.45) is 0 Å². The molecule has 0 radical (unpaired) electrons. The number of aromatic nitrogens is 2. The summed E-state index contributed by atoms with van der Waals surface area (Å²) >= 11 is 0. The van der Waals surface area contributed by atoms with Gasteiger partial charge < -0.3 is 15.4 Å². The number of rotatable bonds is 3. The van der Waals surface area contributed by atoms with Crippen molar-refractivity contribution in [1.29, 1.82) is 0 Å². The lowest BCUT2D eigenvalue weighted by Crippen LogP contribution is -2.27. The summed E-state index contributed by atoms with van der Waals surface area (Å²) < 4.78 is 7.20. The molecule has 4 rings (SSSR count). The van der Waals surface area contributed by atoms with Gasteiger partial charge in [-0.15, -0.1) is 0 Å². The SMILES string of the molecule is Cc1cc(C)cc(-n2nc(C)cc2NC(=O)c2cccc3c2OCC(=O)N3)c1. The van der Waals surface area contributed by atoms with E-state index in [4.69, 9.17) is 4.74 Å². The Balaban J connectivity index is 1.68. The first-order valence-electron chi connectivity index (χ1n) is 8.93. The average molecular weight is 376 g/mol. The molecule has 0 saturated heterocycles. The molecule has 0 saturated carbocycles. The molecule has 0 spiro atoms. The highest BCUT2D eigenvalue weighted by Gasteiger charge is 2.23. The molecule has 0 fully saturated rings. The Hall–Kier alpha value is -3.61. The van der Waals surface area contributed by atoms with E-state index in [0.717, 1.165) is 22.5 Å². The van der Waals surface area contributed by atoms with E-state index in [1.54, 1.807) is 22.9 Å². The topological polar surface area (TPSA) is 85.2 Å². The lowest BCUT2D eigenvalue weighted by atomic mass is 10.1. The number of para-hydroxylation sites is 1. The summed E-state index contributed by atoms with van der Waals surface area (Å²) in [4.78, 5) is 24.5. The maximum Gasteiger partial charge on any atom is 0.262 e. The standard InChI is InChI=1S/C21H20N4O3/c1-12-7-13(2)9-15(8-12)25-18(10-14(3)24-25)23-21(27)16-5-4-6-17-20(16)28-11-19(26)22-17/h4-10H,11H2,1-3H3,(H,22,26)(H,23,27). The molecule has 2 heterocycles. The van der Waals surface area contributed by atoms with Crippen LogP contribution < -0.4 is 15.4 Å². The third-order valence-corrected chi connectivity index (χ3v) is 4.41. The lowest BCUT2D eigenvalue weighted by Gasteiger charge is -2.20. The Labute approximate surface area is 162 Å². The summed E-state index contributed by atoms with van der Waals surface area (Å²) in [6.07, 6.45) is 0. The number of anilines is 2. The van der Waals surface area contributed by atoms with Crippen molar-refractivity contribution in [3.8, 4) is 11.4 Å². The molecule has 0 unspecified atom stereocenters. The number of nitrogens with one attached hydrogen (secondary N) is 2. The molecule has 7 heteroatoms. The van der Waals surface area contributed by atoms with Crippen LogP contribution in [0, 0.1) is 20.8 Å². The van der Waals surface area contributed by atoms with Gasteiger partial charge in [0.25, 0.3) is 11.8 Å². The van der Waals surface area contributed by atoms with Crippen molar-refractivity contribution in [1.82, 2.24) is 9.78 Å². The van der Waals surface area contributed by atoms with Crippen molar-refractivity contribution in [3.63, 3.8) is 0 Å². The Kier molecular flexibility index (Phi) is 4.35. The van der Waals surface area contributed by atoms with Crippen molar-refractivity contribution in [3.05, 3.63) is 64.8 Å². The van der Waals surface area contributed by atoms with Gasteiger partial charge >= 0.3 is 0 Å². The summed E-state index contributed by atoms with van der Waals surface area (Å²) in [5, 5.41) is 10.1. The third-order valence-electron chi connectivity index (χ3n) is 4.41. The maximum atomic E-state index is 12.9. The highest BCUT2D eigenvalue weighted by Crippen LogP contribution is 2.32. The molecule has 28 heavy (non-hydrogen) atoms. The molecule has 7 nitrogen and oxygen atoms in total. The molecule has 1 aliphatic heterocycles. The predicted octanol–water partition coefficient (Wildman–Crippen LogP) is 3.38. The van der Waals surface area contributed by atoms with Crippen LogP contribution in [0.5, 0.6) is 5.75 Å². The van der Waals surface area contributed by atoms with E-state index < -0.39 is 0 Å². The van der Waals surface area contributed by atoms with Crippen LogP contribution in [-0.2, 0) is 4.79 Å². The number of aryl methyl sites for hydroxylation is 3. The van der Waals surface area contributed by atoms with Gasteiger partial charge in [0.2, 0.25) is 0 Å². The number of benzene rings is 2. The van der Waals surface area contributed by atoms with Gasteiger partial charge in [0.15, 0.2) is 12.4 Å². The van der Waals surface area contributed by atoms with Gasteiger partial charge in [-0.05, 0) is 56.2 Å². The molecule has 2 amide bonds. The average Bonchev–Trinajstić information content (AvgIpc) is 3.00. The van der Waals surface area contributed by atoms with Crippen LogP contribution in [0.1, 0.15) is 27.2 Å². The first kappa shape index (κ1) is 17.8. The van der Waals surface area contributed by atoms with Gasteiger partial charge in [-0.3, -0.25) is 9.59 Å². The quantitative estimate of drug-likeness (QED) is 0.734. The van der Waals surface area contributed by atoms with Crippen LogP contribution in [0.4, 0.5) is 11.5 Å². The number of nitrogens with zero attached hydrogens (tertiary/aromatic N) is 2. The molecule has 0 aliphatic carbocycles. The molecule has 1 aliphatic rings. The second-order valence-electron chi connectivity index (χ2n) is 6.90. The molecular weight excluding hydrogens is 356 g/mol. The zero-order valence-electron chi connectivity index (χ0n) is 15.9. The fourth-order valence-corrected chi connectivity index (χ4v) is 3.34. The number of hydrogen-bond donors (Lipinski definition) is 2. The Morgan fingerprint density at radius 1 is 1.14 bits per heavy atom. The highest BCUT2D eigenvalue weighted by molar-refractivity contribution is 6.08. The van der Waals surface area contributed by atoms with Gasteiger partial charge in [-0.1, -0.05) is 12.1 Å². The van der Waals surface area contributed by atoms with E-state index in [1.807, 2.05) is 39.0 Å². The van der Waals surface area contributed by atoms with Crippen LogP contribution >= 0.6 is 0 Å². The third kappa shape index (κ3) is 3.34. The first-order valence-corrected chi connectivity index (χ1v) is 8.93. The number of fused-ring (bicyclic) bond motifs is 1. The van der Waals surface area contributed by atoms with E-state index in [9.17, 15) is 9.59 Å². The zero-order chi connectivity index (χ0) is 19.8. The minimum absolute atomic E-state index is 0.114. The number of amides is 2. The molecule has 2 N–H and O–H groups in total. The smallest absolute Gasteiger partial charge is 0.262 e. The Morgan fingerprint density at radius 2 is 1.89 bits per heavy atom. The molecule has 0 atom stereocenters. The van der Waals surface area contributed by atoms with Gasteiger partial charge in [-0.2, -0.15) is 5.10 Å². The van der Waals surface area contributed by atoms with Crippen LogP contribution in [0.3, 0.4) is 0 Å². The normalized spacial score (nSPS) is 12.8. The molecule has 3 aromatic rings. The van der Waals surface area contributed by atoms with Crippen molar-refractivity contribution < 1.29 is 14.3 Å². The molecular formula is C21H20N4O3. The minimum atomic E-state index is -0.335. The van der Waals surface area contributed by atoms with Gasteiger partial charge in [-0.25, -0.2) is 4.68 Å². The highest BCUT2D eigenvalue weighted by atomic mass is 16.5. The summed E-state index contributed by atoms with van der Waals surface area (Å²) in [7, 11) is 0. The fraction of sp³-hybridized carbons (Fsp3) is 0.190. The van der Waals surface area contributed by atoms with E-state index >= 15 is 0 Å². The fourth-order valence-electron chi connectivity index (χ4n) is 3.34. The second kappa shape index (κ2) is 6.84. The van der Waals surface area contributed by atoms with Gasteiger partial charge in [0.05, 0.1) is 22.6 Å². The van der Waals surface area contributed by atoms with Crippen molar-refractivity contribution in [2.75, 3.05) is 17.2 Å². The van der Waals surface area contributed by atoms with E-state index in [2.05, 4.69) is 21.8 Å². The zero-order valence-corrected chi connectivity index (χ0v) is 15.9. The molecule has 0 bridgehead atoms. The Bertz CT molecular complexity index is 1080. The van der Waals surface area contributed by atoms with E-state index in [-0.39, 0.29) is 18.4 Å². The summed E-state index contributed by atoms with van der Waals surface area (Å²) in [5.74, 6) is 0.353. The maximum absolute atomic E-state index is 12.9. The second-order valence-corrected chi connectivity index (χ2v) is 6.90. The summed E-state index contributed by atoms with van der Waals surface area (Å²) in [5.41, 5.74) is 4.72. The van der Waals surface area contributed by atoms with Crippen molar-refractivity contribution in [2.45, 2.75) is 20.8 Å². The van der Waals surface area contributed by atoms with Crippen LogP contribution in [0.25, 0.3) is 5.69 Å².